The molecule has 1 rings (SSSR count). The summed E-state index contributed by atoms with van der Waals surface area (Å²) >= 11 is 0. The van der Waals surface area contributed by atoms with Crippen LogP contribution < -0.4 is 4.74 Å². The van der Waals surface area contributed by atoms with E-state index in [0.717, 1.165) is 17.7 Å². The summed E-state index contributed by atoms with van der Waals surface area (Å²) in [6.07, 6.45) is 4.36. The summed E-state index contributed by atoms with van der Waals surface area (Å²) in [5.74, 6) is 0.977. The number of hydrogen-bond donors (Lipinski definition) is 0. The minimum Gasteiger partial charge on any atom is -0.490 e. The van der Waals surface area contributed by atoms with E-state index in [1.54, 1.807) is 0 Å². The Kier molecular flexibility index (Phi) is 4.60. The van der Waals surface area contributed by atoms with E-state index in [4.69, 9.17) is 4.74 Å². The maximum absolute atomic E-state index is 5.83. The highest BCUT2D eigenvalue weighted by Crippen LogP contribution is 2.28. The summed E-state index contributed by atoms with van der Waals surface area (Å²) < 4.78 is 5.83. The minimum atomic E-state index is 0.203. The van der Waals surface area contributed by atoms with E-state index in [0.29, 0.717) is 0 Å². The van der Waals surface area contributed by atoms with Crippen molar-refractivity contribution in [2.75, 3.05) is 0 Å². The second-order valence-electron chi connectivity index (χ2n) is 4.45. The second kappa shape index (κ2) is 5.74. The topological polar surface area (TPSA) is 9.23 Å². The molecule has 0 saturated heterocycles. The van der Waals surface area contributed by atoms with Gasteiger partial charge in [-0.3, -0.25) is 0 Å². The maximum atomic E-state index is 5.83. The van der Waals surface area contributed by atoms with E-state index >= 15 is 0 Å². The van der Waals surface area contributed by atoms with Crippen LogP contribution in [-0.2, 0) is 6.42 Å². The summed E-state index contributed by atoms with van der Waals surface area (Å²) in [5.41, 5.74) is 3.68. The number of rotatable bonds is 5. The molecule has 1 aromatic carbocycles. The zero-order chi connectivity index (χ0) is 12.1. The molecular weight excluding hydrogens is 196 g/mol. The summed E-state index contributed by atoms with van der Waals surface area (Å²) in [6.45, 7) is 12.3. The van der Waals surface area contributed by atoms with Crippen LogP contribution in [0.2, 0.25) is 0 Å². The smallest absolute Gasteiger partial charge is 0.129 e. The van der Waals surface area contributed by atoms with Crippen LogP contribution in [0.1, 0.15) is 43.9 Å². The van der Waals surface area contributed by atoms with E-state index in [1.165, 1.54) is 17.5 Å². The zero-order valence-electron chi connectivity index (χ0n) is 10.8. The summed E-state index contributed by atoms with van der Waals surface area (Å²) in [5, 5.41) is 0. The fourth-order valence-electron chi connectivity index (χ4n) is 1.86. The lowest BCUT2D eigenvalue weighted by atomic mass is 10.0. The lowest BCUT2D eigenvalue weighted by molar-refractivity contribution is 0.240. The predicted molar refractivity (Wildman–Crippen MR) is 71.0 cm³/mol. The van der Waals surface area contributed by atoms with Gasteiger partial charge in [-0.25, -0.2) is 0 Å². The van der Waals surface area contributed by atoms with Gasteiger partial charge in [0.15, 0.2) is 0 Å². The lowest BCUT2D eigenvalue weighted by Crippen LogP contribution is -2.08. The van der Waals surface area contributed by atoms with Crippen LogP contribution in [0.5, 0.6) is 5.75 Å². The highest BCUT2D eigenvalue weighted by Gasteiger charge is 2.08. The van der Waals surface area contributed by atoms with E-state index in [2.05, 4.69) is 32.6 Å². The van der Waals surface area contributed by atoms with E-state index in [1.807, 2.05) is 19.9 Å². The SMILES string of the molecule is C=Cc1cc(CCC)cc(C)c1OC(C)C. The van der Waals surface area contributed by atoms with Crippen LogP contribution in [-0.4, -0.2) is 6.10 Å². The molecule has 88 valence electrons. The maximum Gasteiger partial charge on any atom is 0.129 e. The minimum absolute atomic E-state index is 0.203. The molecule has 0 N–H and O–H groups in total. The molecule has 1 aromatic rings. The summed E-state index contributed by atoms with van der Waals surface area (Å²) in [4.78, 5) is 0. The Morgan fingerprint density at radius 1 is 1.38 bits per heavy atom. The number of aryl methyl sites for hydroxylation is 2. The van der Waals surface area contributed by atoms with Crippen molar-refractivity contribution in [3.63, 3.8) is 0 Å². The second-order valence-corrected chi connectivity index (χ2v) is 4.45. The molecular formula is C15H22O. The standard InChI is InChI=1S/C15H22O/c1-6-8-13-9-12(5)15(16-11(3)4)14(7-2)10-13/h7,9-11H,2,6,8H2,1,3-5H3. The molecule has 0 spiro atoms. The third-order valence-corrected chi connectivity index (χ3v) is 2.48. The van der Waals surface area contributed by atoms with Gasteiger partial charge in [0.05, 0.1) is 6.10 Å². The molecule has 0 aliphatic rings. The molecule has 0 amide bonds. The molecule has 0 aliphatic carbocycles. The zero-order valence-corrected chi connectivity index (χ0v) is 10.8. The average molecular weight is 218 g/mol. The van der Waals surface area contributed by atoms with Gasteiger partial charge < -0.3 is 4.74 Å². The molecule has 0 saturated carbocycles. The van der Waals surface area contributed by atoms with E-state index in [9.17, 15) is 0 Å². The Hall–Kier alpha value is -1.24. The summed E-state index contributed by atoms with van der Waals surface area (Å²) in [7, 11) is 0. The Morgan fingerprint density at radius 2 is 2.06 bits per heavy atom. The van der Waals surface area contributed by atoms with Crippen molar-refractivity contribution >= 4 is 6.08 Å². The van der Waals surface area contributed by atoms with Gasteiger partial charge in [0.2, 0.25) is 0 Å². The molecule has 0 atom stereocenters. The van der Waals surface area contributed by atoms with Crippen LogP contribution in [0.4, 0.5) is 0 Å². The fraction of sp³-hybridized carbons (Fsp3) is 0.467. The van der Waals surface area contributed by atoms with E-state index in [-0.39, 0.29) is 6.10 Å². The van der Waals surface area contributed by atoms with Crippen molar-refractivity contribution in [3.8, 4) is 5.75 Å². The Labute approximate surface area is 99.1 Å². The molecule has 0 unspecified atom stereocenters. The van der Waals surface area contributed by atoms with Crippen LogP contribution in [0.3, 0.4) is 0 Å². The monoisotopic (exact) mass is 218 g/mol. The molecule has 0 aromatic heterocycles. The normalized spacial score (nSPS) is 10.6. The van der Waals surface area contributed by atoms with Gasteiger partial charge in [-0.1, -0.05) is 32.1 Å². The first kappa shape index (κ1) is 12.8. The highest BCUT2D eigenvalue weighted by atomic mass is 16.5. The first-order chi connectivity index (χ1) is 7.58. The van der Waals surface area contributed by atoms with Crippen molar-refractivity contribution in [3.05, 3.63) is 35.4 Å². The quantitative estimate of drug-likeness (QED) is 0.712. The number of ether oxygens (including phenoxy) is 1. The Bertz CT molecular complexity index is 364. The molecule has 1 heteroatoms. The molecule has 16 heavy (non-hydrogen) atoms. The number of benzene rings is 1. The number of hydrogen-bond acceptors (Lipinski definition) is 1. The van der Waals surface area contributed by atoms with Crippen molar-refractivity contribution < 1.29 is 4.74 Å². The lowest BCUT2D eigenvalue weighted by Gasteiger charge is -2.16. The average Bonchev–Trinajstić information content (AvgIpc) is 2.21. The van der Waals surface area contributed by atoms with Crippen molar-refractivity contribution in [1.82, 2.24) is 0 Å². The predicted octanol–water partition coefficient (Wildman–Crippen LogP) is 4.38. The summed E-state index contributed by atoms with van der Waals surface area (Å²) in [6, 6.07) is 4.40. The Balaban J connectivity index is 3.12. The van der Waals surface area contributed by atoms with Gasteiger partial charge in [-0.2, -0.15) is 0 Å². The first-order valence-corrected chi connectivity index (χ1v) is 6.01. The molecule has 0 radical (unpaired) electrons. The van der Waals surface area contributed by atoms with Gasteiger partial charge in [-0.05, 0) is 44.4 Å². The van der Waals surface area contributed by atoms with Crippen molar-refractivity contribution in [2.24, 2.45) is 0 Å². The third-order valence-electron chi connectivity index (χ3n) is 2.48. The van der Waals surface area contributed by atoms with Crippen LogP contribution in [0.15, 0.2) is 18.7 Å². The van der Waals surface area contributed by atoms with Gasteiger partial charge in [-0.15, -0.1) is 0 Å². The fourth-order valence-corrected chi connectivity index (χ4v) is 1.86. The molecule has 0 heterocycles. The first-order valence-electron chi connectivity index (χ1n) is 6.01. The van der Waals surface area contributed by atoms with Crippen LogP contribution in [0, 0.1) is 6.92 Å². The van der Waals surface area contributed by atoms with Gasteiger partial charge in [0.25, 0.3) is 0 Å². The largest absolute Gasteiger partial charge is 0.490 e. The van der Waals surface area contributed by atoms with Crippen LogP contribution in [0.25, 0.3) is 6.08 Å². The van der Waals surface area contributed by atoms with E-state index < -0.39 is 0 Å². The third kappa shape index (κ3) is 3.13. The van der Waals surface area contributed by atoms with Crippen molar-refractivity contribution in [2.45, 2.75) is 46.6 Å². The Morgan fingerprint density at radius 3 is 2.56 bits per heavy atom. The van der Waals surface area contributed by atoms with Gasteiger partial charge >= 0.3 is 0 Å². The van der Waals surface area contributed by atoms with Gasteiger partial charge in [0.1, 0.15) is 5.75 Å². The molecule has 1 nitrogen and oxygen atoms in total. The van der Waals surface area contributed by atoms with Crippen molar-refractivity contribution in [1.29, 1.82) is 0 Å². The highest BCUT2D eigenvalue weighted by molar-refractivity contribution is 5.60. The molecule has 0 bridgehead atoms. The van der Waals surface area contributed by atoms with Gasteiger partial charge in [0, 0.05) is 5.56 Å². The van der Waals surface area contributed by atoms with Crippen LogP contribution >= 0.6 is 0 Å². The molecule has 0 aliphatic heterocycles. The molecule has 0 fully saturated rings.